The van der Waals surface area contributed by atoms with E-state index in [9.17, 15) is 9.18 Å². The van der Waals surface area contributed by atoms with Crippen LogP contribution in [0, 0.1) is 11.7 Å². The summed E-state index contributed by atoms with van der Waals surface area (Å²) < 4.78 is 25.4. The molecule has 186 valence electrons. The van der Waals surface area contributed by atoms with Gasteiger partial charge in [0.15, 0.2) is 5.82 Å². The molecule has 1 saturated carbocycles. The number of aromatic nitrogens is 2. The van der Waals surface area contributed by atoms with Crippen molar-refractivity contribution < 1.29 is 18.4 Å². The summed E-state index contributed by atoms with van der Waals surface area (Å²) in [7, 11) is 0. The van der Waals surface area contributed by atoms with Gasteiger partial charge >= 0.3 is 6.01 Å². The molecule has 8 heteroatoms. The van der Waals surface area contributed by atoms with Gasteiger partial charge in [-0.05, 0) is 49.7 Å². The molecule has 2 fully saturated rings. The topological polar surface area (TPSA) is 80.5 Å². The van der Waals surface area contributed by atoms with Crippen molar-refractivity contribution in [2.75, 3.05) is 24.6 Å². The number of carbonyl (C=O) groups excluding carboxylic acids is 1. The molecule has 34 heavy (non-hydrogen) atoms. The predicted octanol–water partition coefficient (Wildman–Crippen LogP) is 5.01. The van der Waals surface area contributed by atoms with Crippen molar-refractivity contribution in [2.45, 2.75) is 83.6 Å². The number of hydrogen-bond acceptors (Lipinski definition) is 6. The molecule has 0 spiro atoms. The monoisotopic (exact) mass is 472 g/mol. The first kappa shape index (κ1) is 24.5. The highest BCUT2D eigenvalue weighted by Crippen LogP contribution is 2.27. The van der Waals surface area contributed by atoms with E-state index in [4.69, 9.17) is 9.26 Å². The molecule has 1 amide bonds. The van der Waals surface area contributed by atoms with Crippen molar-refractivity contribution in [1.82, 2.24) is 15.5 Å². The molecule has 1 aliphatic heterocycles. The van der Waals surface area contributed by atoms with Gasteiger partial charge in [-0.2, -0.15) is 4.98 Å². The van der Waals surface area contributed by atoms with E-state index in [0.717, 1.165) is 63.4 Å². The Hall–Kier alpha value is -2.64. The van der Waals surface area contributed by atoms with Crippen LogP contribution < -0.4 is 15.0 Å². The second kappa shape index (κ2) is 11.7. The van der Waals surface area contributed by atoms with Gasteiger partial charge in [0.25, 0.3) is 0 Å². The Morgan fingerprint density at radius 2 is 2.00 bits per heavy atom. The first-order chi connectivity index (χ1) is 16.5. The number of amides is 1. The molecule has 1 aromatic heterocycles. The SMILES string of the molecule is CC(C)c1noc(N2CCC(CCCCCOc3ccc(CC(=O)NC4CC4)c(F)c3)CC2)n1. The number of halogens is 1. The summed E-state index contributed by atoms with van der Waals surface area (Å²) in [6, 6.07) is 5.75. The molecule has 1 N–H and O–H groups in total. The first-order valence-electron chi connectivity index (χ1n) is 12.8. The van der Waals surface area contributed by atoms with Gasteiger partial charge in [-0.25, -0.2) is 4.39 Å². The molecule has 0 unspecified atom stereocenters. The third-order valence-electron chi connectivity index (χ3n) is 6.68. The van der Waals surface area contributed by atoms with Gasteiger partial charge in [0, 0.05) is 31.1 Å². The van der Waals surface area contributed by atoms with Gasteiger partial charge in [-0.1, -0.05) is 44.3 Å². The Kier molecular flexibility index (Phi) is 8.40. The predicted molar refractivity (Wildman–Crippen MR) is 129 cm³/mol. The number of unbranched alkanes of at least 4 members (excludes halogenated alkanes) is 2. The third kappa shape index (κ3) is 7.18. The quantitative estimate of drug-likeness (QED) is 0.438. The van der Waals surface area contributed by atoms with Crippen LogP contribution >= 0.6 is 0 Å². The van der Waals surface area contributed by atoms with Crippen LogP contribution in [0.2, 0.25) is 0 Å². The smallest absolute Gasteiger partial charge is 0.324 e. The van der Waals surface area contributed by atoms with Crippen LogP contribution in [0.5, 0.6) is 5.75 Å². The van der Waals surface area contributed by atoms with E-state index >= 15 is 0 Å². The molecule has 0 bridgehead atoms. The minimum absolute atomic E-state index is 0.0788. The second-order valence-electron chi connectivity index (χ2n) is 9.99. The molecule has 1 aromatic carbocycles. The van der Waals surface area contributed by atoms with E-state index in [-0.39, 0.29) is 24.1 Å². The summed E-state index contributed by atoms with van der Waals surface area (Å²) in [5, 5.41) is 6.95. The first-order valence-corrected chi connectivity index (χ1v) is 12.8. The maximum Gasteiger partial charge on any atom is 0.324 e. The van der Waals surface area contributed by atoms with Gasteiger partial charge in [0.1, 0.15) is 11.6 Å². The van der Waals surface area contributed by atoms with Crippen molar-refractivity contribution in [3.63, 3.8) is 0 Å². The lowest BCUT2D eigenvalue weighted by molar-refractivity contribution is -0.120. The summed E-state index contributed by atoms with van der Waals surface area (Å²) in [4.78, 5) is 18.6. The highest BCUT2D eigenvalue weighted by atomic mass is 19.1. The molecule has 2 heterocycles. The Labute approximate surface area is 201 Å². The van der Waals surface area contributed by atoms with Crippen molar-refractivity contribution in [3.8, 4) is 5.75 Å². The number of nitrogens with one attached hydrogen (secondary N) is 1. The van der Waals surface area contributed by atoms with Gasteiger partial charge in [-0.15, -0.1) is 0 Å². The normalized spacial score (nSPS) is 16.8. The maximum absolute atomic E-state index is 14.3. The van der Waals surface area contributed by atoms with Gasteiger partial charge in [0.2, 0.25) is 5.91 Å². The van der Waals surface area contributed by atoms with E-state index < -0.39 is 0 Å². The van der Waals surface area contributed by atoms with Crippen molar-refractivity contribution in [1.29, 1.82) is 0 Å². The number of nitrogens with zero attached hydrogens (tertiary/aromatic N) is 3. The molecule has 2 aliphatic rings. The van der Waals surface area contributed by atoms with Crippen LogP contribution in [0.4, 0.5) is 10.4 Å². The summed E-state index contributed by atoms with van der Waals surface area (Å²) in [6.45, 7) is 6.65. The zero-order valence-corrected chi connectivity index (χ0v) is 20.4. The van der Waals surface area contributed by atoms with Crippen LogP contribution in [0.3, 0.4) is 0 Å². The number of carbonyl (C=O) groups is 1. The highest BCUT2D eigenvalue weighted by molar-refractivity contribution is 5.79. The molecule has 4 rings (SSSR count). The number of hydrogen-bond donors (Lipinski definition) is 1. The van der Waals surface area contributed by atoms with Gasteiger partial charge in [-0.3, -0.25) is 4.79 Å². The van der Waals surface area contributed by atoms with Crippen molar-refractivity contribution in [3.05, 3.63) is 35.4 Å². The summed E-state index contributed by atoms with van der Waals surface area (Å²) in [5.41, 5.74) is 0.413. The highest BCUT2D eigenvalue weighted by Gasteiger charge is 2.24. The molecule has 2 aromatic rings. The van der Waals surface area contributed by atoms with E-state index in [0.29, 0.717) is 30.0 Å². The fourth-order valence-corrected chi connectivity index (χ4v) is 4.34. The number of ether oxygens (including phenoxy) is 1. The summed E-state index contributed by atoms with van der Waals surface area (Å²) >= 11 is 0. The standard InChI is InChI=1S/C26H37FN4O3/c1-18(2)25-29-26(34-30-25)31-13-11-19(12-14-31)6-4-3-5-15-33-22-10-7-20(23(27)17-22)16-24(32)28-21-8-9-21/h7,10,17-19,21H,3-6,8-9,11-16H2,1-2H3,(H,28,32). The van der Waals surface area contributed by atoms with Crippen LogP contribution in [0.15, 0.2) is 22.7 Å². The molecule has 1 saturated heterocycles. The largest absolute Gasteiger partial charge is 0.493 e. The fraction of sp³-hybridized carbons (Fsp3) is 0.654. The lowest BCUT2D eigenvalue weighted by Crippen LogP contribution is -2.33. The lowest BCUT2D eigenvalue weighted by atomic mass is 9.91. The number of piperidine rings is 1. The van der Waals surface area contributed by atoms with Crippen LogP contribution in [-0.2, 0) is 11.2 Å². The minimum atomic E-state index is -0.379. The molecule has 0 radical (unpaired) electrons. The Balaban J connectivity index is 1.07. The van der Waals surface area contributed by atoms with E-state index in [2.05, 4.69) is 34.2 Å². The average Bonchev–Trinajstić information content (AvgIpc) is 3.48. The molecule has 7 nitrogen and oxygen atoms in total. The maximum atomic E-state index is 14.3. The van der Waals surface area contributed by atoms with Crippen molar-refractivity contribution >= 4 is 11.9 Å². The van der Waals surface area contributed by atoms with Gasteiger partial charge in [0.05, 0.1) is 13.0 Å². The van der Waals surface area contributed by atoms with E-state index in [1.54, 1.807) is 12.1 Å². The van der Waals surface area contributed by atoms with Gasteiger partial charge < -0.3 is 19.5 Å². The lowest BCUT2D eigenvalue weighted by Gasteiger charge is -2.30. The summed E-state index contributed by atoms with van der Waals surface area (Å²) in [6.07, 6.45) is 8.89. The number of anilines is 1. The fourth-order valence-electron chi connectivity index (χ4n) is 4.34. The average molecular weight is 473 g/mol. The Morgan fingerprint density at radius 3 is 2.68 bits per heavy atom. The van der Waals surface area contributed by atoms with Crippen LogP contribution in [0.1, 0.15) is 82.5 Å². The molecule has 1 aliphatic carbocycles. The molecular formula is C26H37FN4O3. The number of rotatable bonds is 12. The van der Waals surface area contributed by atoms with Crippen molar-refractivity contribution in [2.24, 2.45) is 5.92 Å². The molecular weight excluding hydrogens is 435 g/mol. The minimum Gasteiger partial charge on any atom is -0.493 e. The van der Waals surface area contributed by atoms with Crippen LogP contribution in [0.25, 0.3) is 0 Å². The third-order valence-corrected chi connectivity index (χ3v) is 6.68. The second-order valence-corrected chi connectivity index (χ2v) is 9.99. The number of benzene rings is 1. The zero-order valence-electron chi connectivity index (χ0n) is 20.4. The Morgan fingerprint density at radius 1 is 1.21 bits per heavy atom. The summed E-state index contributed by atoms with van der Waals surface area (Å²) in [5.74, 6) is 1.82. The van der Waals surface area contributed by atoms with Crippen LogP contribution in [-0.4, -0.2) is 41.8 Å². The van der Waals surface area contributed by atoms with E-state index in [1.807, 2.05) is 0 Å². The van der Waals surface area contributed by atoms with E-state index in [1.165, 1.54) is 18.9 Å². The Bertz CT molecular complexity index is 936. The zero-order chi connectivity index (χ0) is 23.9. The molecule has 0 atom stereocenters.